The van der Waals surface area contributed by atoms with Crippen LogP contribution in [0.3, 0.4) is 0 Å². The van der Waals surface area contributed by atoms with E-state index in [9.17, 15) is 26.4 Å². The lowest BCUT2D eigenvalue weighted by Gasteiger charge is -2.33. The maximum Gasteiger partial charge on any atom is 0.421 e. The van der Waals surface area contributed by atoms with Crippen molar-refractivity contribution in [2.45, 2.75) is 35.8 Å². The van der Waals surface area contributed by atoms with E-state index in [0.717, 1.165) is 34.9 Å². The summed E-state index contributed by atoms with van der Waals surface area (Å²) in [5.74, 6) is -0.0439. The van der Waals surface area contributed by atoms with Crippen LogP contribution in [0.5, 0.6) is 0 Å². The number of rotatable bonds is 5. The van der Waals surface area contributed by atoms with E-state index < -0.39 is 27.3 Å². The van der Waals surface area contributed by atoms with Crippen LogP contribution < -0.4 is 5.56 Å². The molecule has 0 aromatic carbocycles. The van der Waals surface area contributed by atoms with E-state index in [1.54, 1.807) is 4.90 Å². The van der Waals surface area contributed by atoms with E-state index in [4.69, 9.17) is 11.6 Å². The summed E-state index contributed by atoms with van der Waals surface area (Å²) >= 11 is 6.79. The number of nitrogens with zero attached hydrogens (tertiary/aromatic N) is 4. The molecule has 0 amide bonds. The molecule has 0 bridgehead atoms. The highest BCUT2D eigenvalue weighted by Gasteiger charge is 2.38. The van der Waals surface area contributed by atoms with Gasteiger partial charge >= 0.3 is 6.18 Å². The summed E-state index contributed by atoms with van der Waals surface area (Å²) in [6.07, 6.45) is -3.24. The second-order valence-electron chi connectivity index (χ2n) is 7.28. The van der Waals surface area contributed by atoms with E-state index in [0.29, 0.717) is 4.34 Å². The lowest BCUT2D eigenvalue weighted by atomic mass is 10.2. The Morgan fingerprint density at radius 1 is 1.17 bits per heavy atom. The lowest BCUT2D eigenvalue weighted by molar-refractivity contribution is -0.139. The molecule has 2 aromatic rings. The summed E-state index contributed by atoms with van der Waals surface area (Å²) in [6, 6.07) is 3.81. The summed E-state index contributed by atoms with van der Waals surface area (Å²) in [7, 11) is -3.67. The first kappa shape index (κ1) is 21.8. The monoisotopic (exact) mass is 482 g/mol. The Labute approximate surface area is 179 Å². The molecule has 2 aromatic heterocycles. The van der Waals surface area contributed by atoms with Crippen LogP contribution in [0, 0.1) is 0 Å². The molecule has 0 unspecified atom stereocenters. The lowest BCUT2D eigenvalue weighted by Crippen LogP contribution is -2.50. The van der Waals surface area contributed by atoms with Crippen LogP contribution >= 0.6 is 22.9 Å². The summed E-state index contributed by atoms with van der Waals surface area (Å²) < 4.78 is 67.8. The quantitative estimate of drug-likeness (QED) is 0.655. The molecular weight excluding hydrogens is 465 g/mol. The van der Waals surface area contributed by atoms with Gasteiger partial charge in [0, 0.05) is 32.1 Å². The predicted molar refractivity (Wildman–Crippen MR) is 105 cm³/mol. The first-order valence-electron chi connectivity index (χ1n) is 9.23. The Morgan fingerprint density at radius 2 is 1.83 bits per heavy atom. The summed E-state index contributed by atoms with van der Waals surface area (Å²) in [5, 5.41) is 4.14. The Kier molecular flexibility index (Phi) is 5.73. The first-order valence-corrected chi connectivity index (χ1v) is 11.9. The maximum absolute atomic E-state index is 13.3. The fourth-order valence-corrected chi connectivity index (χ4v) is 6.36. The molecule has 7 nitrogen and oxygen atoms in total. The molecule has 2 fully saturated rings. The number of thiophene rings is 1. The first-order chi connectivity index (χ1) is 14.1. The van der Waals surface area contributed by atoms with Crippen molar-refractivity contribution < 1.29 is 21.6 Å². The van der Waals surface area contributed by atoms with Gasteiger partial charge in [-0.15, -0.1) is 11.3 Å². The second kappa shape index (κ2) is 7.90. The van der Waals surface area contributed by atoms with Crippen molar-refractivity contribution in [3.05, 3.63) is 44.1 Å². The highest BCUT2D eigenvalue weighted by molar-refractivity contribution is 7.91. The van der Waals surface area contributed by atoms with Crippen LogP contribution in [0.4, 0.5) is 13.2 Å². The van der Waals surface area contributed by atoms with Gasteiger partial charge in [0.15, 0.2) is 0 Å². The van der Waals surface area contributed by atoms with Gasteiger partial charge in [-0.05, 0) is 31.0 Å². The Bertz CT molecular complexity index is 1100. The Morgan fingerprint density at radius 3 is 2.37 bits per heavy atom. The van der Waals surface area contributed by atoms with Crippen LogP contribution in [0.1, 0.15) is 30.0 Å². The standard InChI is InChI=1S/C17H18ClF3N4O3S2/c18-14-3-4-15(29-14)30(27,28)24-7-5-23(6-8-24)10-25-16(26)12(17(19,20)21)9-13(22-25)11-1-2-11/h3-4,9,11H,1-2,5-8,10H2. The van der Waals surface area contributed by atoms with Gasteiger partial charge in [-0.25, -0.2) is 13.1 Å². The van der Waals surface area contributed by atoms with E-state index in [2.05, 4.69) is 5.10 Å². The zero-order chi connectivity index (χ0) is 21.7. The molecule has 1 aliphatic carbocycles. The fraction of sp³-hybridized carbons (Fsp3) is 0.529. The van der Waals surface area contributed by atoms with Crippen LogP contribution in [-0.2, 0) is 22.9 Å². The van der Waals surface area contributed by atoms with Gasteiger partial charge in [0.1, 0.15) is 9.77 Å². The third-order valence-corrected chi connectivity index (χ3v) is 8.70. The molecule has 1 saturated carbocycles. The van der Waals surface area contributed by atoms with Gasteiger partial charge in [-0.3, -0.25) is 9.69 Å². The van der Waals surface area contributed by atoms with Crippen LogP contribution in [-0.4, -0.2) is 53.6 Å². The van der Waals surface area contributed by atoms with Gasteiger partial charge in [0.2, 0.25) is 0 Å². The van der Waals surface area contributed by atoms with Crippen LogP contribution in [0.15, 0.2) is 27.2 Å². The normalized spacial score (nSPS) is 19.3. The minimum absolute atomic E-state index is 0.0439. The van der Waals surface area contributed by atoms with Gasteiger partial charge in [0.05, 0.1) is 16.7 Å². The zero-order valence-corrected chi connectivity index (χ0v) is 18.0. The van der Waals surface area contributed by atoms with Gasteiger partial charge < -0.3 is 0 Å². The molecule has 0 N–H and O–H groups in total. The average Bonchev–Trinajstić information content (AvgIpc) is 3.43. The SMILES string of the molecule is O=c1c(C(F)(F)F)cc(C2CC2)nn1CN1CCN(S(=O)(=O)c2ccc(Cl)s2)CC1. The van der Waals surface area contributed by atoms with Gasteiger partial charge in [-0.2, -0.15) is 22.6 Å². The molecule has 0 spiro atoms. The Hall–Kier alpha value is -1.47. The minimum Gasteiger partial charge on any atom is -0.282 e. The summed E-state index contributed by atoms with van der Waals surface area (Å²) in [6.45, 7) is 0.714. The maximum atomic E-state index is 13.3. The Balaban J connectivity index is 1.49. The number of hydrogen-bond donors (Lipinski definition) is 0. The molecule has 30 heavy (non-hydrogen) atoms. The highest BCUT2D eigenvalue weighted by Crippen LogP contribution is 2.40. The van der Waals surface area contributed by atoms with Crippen molar-refractivity contribution in [3.8, 4) is 0 Å². The summed E-state index contributed by atoms with van der Waals surface area (Å²) in [4.78, 5) is 14.1. The molecule has 0 radical (unpaired) electrons. The second-order valence-corrected chi connectivity index (χ2v) is 11.2. The van der Waals surface area contributed by atoms with E-state index in [-0.39, 0.29) is 48.7 Å². The van der Waals surface area contributed by atoms with Crippen molar-refractivity contribution in [2.24, 2.45) is 0 Å². The predicted octanol–water partition coefficient (Wildman–Crippen LogP) is 2.82. The molecular formula is C17H18ClF3N4O3S2. The van der Waals surface area contributed by atoms with Crippen molar-refractivity contribution in [1.29, 1.82) is 0 Å². The zero-order valence-electron chi connectivity index (χ0n) is 15.6. The number of sulfonamides is 1. The minimum atomic E-state index is -4.75. The topological polar surface area (TPSA) is 75.5 Å². The molecule has 164 valence electrons. The van der Waals surface area contributed by atoms with Crippen molar-refractivity contribution >= 4 is 33.0 Å². The average molecular weight is 483 g/mol. The van der Waals surface area contributed by atoms with Crippen molar-refractivity contribution in [1.82, 2.24) is 19.0 Å². The van der Waals surface area contributed by atoms with Gasteiger partial charge in [0.25, 0.3) is 15.6 Å². The van der Waals surface area contributed by atoms with Crippen molar-refractivity contribution in [3.63, 3.8) is 0 Å². The molecule has 13 heteroatoms. The number of halogens is 4. The van der Waals surface area contributed by atoms with Crippen molar-refractivity contribution in [2.75, 3.05) is 26.2 Å². The van der Waals surface area contributed by atoms with E-state index in [1.165, 1.54) is 16.4 Å². The van der Waals surface area contributed by atoms with Crippen LogP contribution in [0.25, 0.3) is 0 Å². The molecule has 4 rings (SSSR count). The third-order valence-electron chi connectivity index (χ3n) is 5.10. The summed E-state index contributed by atoms with van der Waals surface area (Å²) in [5.41, 5.74) is -2.12. The fourth-order valence-electron chi connectivity index (χ4n) is 3.30. The highest BCUT2D eigenvalue weighted by atomic mass is 35.5. The number of alkyl halides is 3. The molecule has 1 aliphatic heterocycles. The van der Waals surface area contributed by atoms with E-state index >= 15 is 0 Å². The largest absolute Gasteiger partial charge is 0.421 e. The van der Waals surface area contributed by atoms with Crippen LogP contribution in [0.2, 0.25) is 4.34 Å². The molecule has 2 aliphatic rings. The smallest absolute Gasteiger partial charge is 0.282 e. The van der Waals surface area contributed by atoms with E-state index in [1.807, 2.05) is 0 Å². The number of hydrogen-bond acceptors (Lipinski definition) is 6. The van der Waals surface area contributed by atoms with Gasteiger partial charge in [-0.1, -0.05) is 11.6 Å². The molecule has 0 atom stereocenters. The number of aromatic nitrogens is 2. The molecule has 1 saturated heterocycles. The number of piperazine rings is 1. The molecule has 3 heterocycles. The third kappa shape index (κ3) is 4.42.